The number of anilines is 1. The molecule has 1 aromatic rings. The van der Waals surface area contributed by atoms with Gasteiger partial charge in [0.25, 0.3) is 0 Å². The largest absolute Gasteiger partial charge is 0.385 e. The number of guanidine groups is 1. The van der Waals surface area contributed by atoms with Crippen LogP contribution in [0.15, 0.2) is 29.3 Å². The van der Waals surface area contributed by atoms with Gasteiger partial charge in [0.05, 0.1) is 0 Å². The number of nitrogens with two attached hydrogens (primary N) is 1. The number of methoxy groups -OCH3 is 1. The molecule has 4 nitrogen and oxygen atoms in total. The van der Waals surface area contributed by atoms with Crippen molar-refractivity contribution in [2.45, 2.75) is 40.0 Å². The van der Waals surface area contributed by atoms with Crippen molar-refractivity contribution in [3.8, 4) is 0 Å². The smallest absolute Gasteiger partial charge is 0.193 e. The Morgan fingerprint density at radius 2 is 2.05 bits per heavy atom. The van der Waals surface area contributed by atoms with Gasteiger partial charge in [0, 0.05) is 25.9 Å². The minimum Gasteiger partial charge on any atom is -0.385 e. The van der Waals surface area contributed by atoms with Gasteiger partial charge in [0.2, 0.25) is 0 Å². The maximum absolute atomic E-state index is 5.98. The van der Waals surface area contributed by atoms with Crippen LogP contribution in [0.3, 0.4) is 0 Å². The summed E-state index contributed by atoms with van der Waals surface area (Å²) in [6.07, 6.45) is 0.961. The fourth-order valence-electron chi connectivity index (χ4n) is 1.92. The normalized spacial score (nSPS) is 12.2. The van der Waals surface area contributed by atoms with Crippen LogP contribution in [0.4, 0.5) is 5.69 Å². The van der Waals surface area contributed by atoms with E-state index in [-0.39, 0.29) is 29.4 Å². The Morgan fingerprint density at radius 3 is 2.64 bits per heavy atom. The lowest BCUT2D eigenvalue weighted by Gasteiger charge is -2.22. The van der Waals surface area contributed by atoms with Crippen molar-refractivity contribution in [2.75, 3.05) is 25.6 Å². The van der Waals surface area contributed by atoms with Crippen molar-refractivity contribution >= 4 is 35.6 Å². The summed E-state index contributed by atoms with van der Waals surface area (Å²) in [5.41, 5.74) is 8.33. The predicted octanol–water partition coefficient (Wildman–Crippen LogP) is 4.22. The fraction of sp³-hybridized carbons (Fsp3) is 0.588. The van der Waals surface area contributed by atoms with Crippen LogP contribution in [0.5, 0.6) is 0 Å². The summed E-state index contributed by atoms with van der Waals surface area (Å²) in [6, 6.07) is 8.28. The topological polar surface area (TPSA) is 59.6 Å². The van der Waals surface area contributed by atoms with Crippen molar-refractivity contribution in [3.05, 3.63) is 29.8 Å². The molecule has 0 saturated heterocycles. The third-order valence-electron chi connectivity index (χ3n) is 3.49. The highest BCUT2D eigenvalue weighted by molar-refractivity contribution is 14.0. The minimum absolute atomic E-state index is 0. The van der Waals surface area contributed by atoms with E-state index < -0.39 is 0 Å². The van der Waals surface area contributed by atoms with Gasteiger partial charge in [0.1, 0.15) is 0 Å². The van der Waals surface area contributed by atoms with Crippen LogP contribution in [0.1, 0.15) is 45.6 Å². The van der Waals surface area contributed by atoms with E-state index in [9.17, 15) is 0 Å². The molecule has 0 fully saturated rings. The second kappa shape index (κ2) is 10.0. The molecule has 0 aromatic heterocycles. The van der Waals surface area contributed by atoms with Gasteiger partial charge in [-0.3, -0.25) is 4.99 Å². The van der Waals surface area contributed by atoms with E-state index in [1.807, 2.05) is 12.1 Å². The standard InChI is InChI=1S/C17H29N3O.HI/c1-13(2)14-7-6-8-15(11-14)20-16(18)19-12-17(3,4)9-10-21-5;/h6-8,11,13H,9-10,12H2,1-5H3,(H3,18,19,20);1H. The molecule has 0 unspecified atom stereocenters. The Kier molecular flexibility index (Phi) is 9.67. The quantitative estimate of drug-likeness (QED) is 0.395. The Morgan fingerprint density at radius 1 is 1.36 bits per heavy atom. The minimum atomic E-state index is 0. The summed E-state index contributed by atoms with van der Waals surface area (Å²) in [4.78, 5) is 4.45. The molecule has 1 aromatic carbocycles. The number of aliphatic imine (C=N–C) groups is 1. The van der Waals surface area contributed by atoms with E-state index in [1.54, 1.807) is 7.11 Å². The van der Waals surface area contributed by atoms with Crippen LogP contribution in [-0.2, 0) is 4.74 Å². The van der Waals surface area contributed by atoms with E-state index in [2.05, 4.69) is 50.1 Å². The highest BCUT2D eigenvalue weighted by atomic mass is 127. The molecule has 3 N–H and O–H groups in total. The maximum Gasteiger partial charge on any atom is 0.193 e. The van der Waals surface area contributed by atoms with Crippen LogP contribution in [0, 0.1) is 5.41 Å². The van der Waals surface area contributed by atoms with Crippen molar-refractivity contribution < 1.29 is 4.74 Å². The molecule has 0 amide bonds. The highest BCUT2D eigenvalue weighted by Gasteiger charge is 2.17. The summed E-state index contributed by atoms with van der Waals surface area (Å²) in [5.74, 6) is 0.958. The second-order valence-corrected chi connectivity index (χ2v) is 6.51. The zero-order valence-corrected chi connectivity index (χ0v) is 16.7. The Balaban J connectivity index is 0.00000441. The number of rotatable bonds is 7. The number of nitrogens with one attached hydrogen (secondary N) is 1. The molecule has 0 heterocycles. The van der Waals surface area contributed by atoms with Crippen LogP contribution in [0.2, 0.25) is 0 Å². The average Bonchev–Trinajstić information content (AvgIpc) is 2.43. The second-order valence-electron chi connectivity index (χ2n) is 6.51. The third-order valence-corrected chi connectivity index (χ3v) is 3.49. The first-order chi connectivity index (χ1) is 9.84. The van der Waals surface area contributed by atoms with Crippen molar-refractivity contribution in [3.63, 3.8) is 0 Å². The van der Waals surface area contributed by atoms with E-state index in [1.165, 1.54) is 5.56 Å². The molecular formula is C17H30IN3O. The molecule has 0 radical (unpaired) electrons. The number of halogens is 1. The molecule has 1 rings (SSSR count). The molecule has 0 spiro atoms. The number of hydrogen-bond acceptors (Lipinski definition) is 2. The molecule has 0 aliphatic heterocycles. The van der Waals surface area contributed by atoms with Gasteiger partial charge in [-0.25, -0.2) is 0 Å². The SMILES string of the molecule is COCCC(C)(C)CN=C(N)Nc1cccc(C(C)C)c1.I. The van der Waals surface area contributed by atoms with Crippen LogP contribution < -0.4 is 11.1 Å². The Labute approximate surface area is 151 Å². The van der Waals surface area contributed by atoms with Crippen LogP contribution in [0.25, 0.3) is 0 Å². The maximum atomic E-state index is 5.98. The van der Waals surface area contributed by atoms with Gasteiger partial charge in [-0.05, 0) is 35.4 Å². The number of ether oxygens (including phenoxy) is 1. The van der Waals surface area contributed by atoms with E-state index >= 15 is 0 Å². The molecule has 0 atom stereocenters. The van der Waals surface area contributed by atoms with Gasteiger partial charge in [-0.15, -0.1) is 24.0 Å². The van der Waals surface area contributed by atoms with Crippen LogP contribution >= 0.6 is 24.0 Å². The van der Waals surface area contributed by atoms with Gasteiger partial charge >= 0.3 is 0 Å². The lowest BCUT2D eigenvalue weighted by Crippen LogP contribution is -2.26. The first-order valence-electron chi connectivity index (χ1n) is 7.50. The van der Waals surface area contributed by atoms with Crippen LogP contribution in [-0.4, -0.2) is 26.2 Å². The zero-order chi connectivity index (χ0) is 15.9. The van der Waals surface area contributed by atoms with Gasteiger partial charge < -0.3 is 15.8 Å². The van der Waals surface area contributed by atoms with Crippen molar-refractivity contribution in [2.24, 2.45) is 16.1 Å². The summed E-state index contributed by atoms with van der Waals surface area (Å²) in [6.45, 7) is 10.1. The lowest BCUT2D eigenvalue weighted by atomic mass is 9.90. The van der Waals surface area contributed by atoms with E-state index in [0.29, 0.717) is 18.4 Å². The summed E-state index contributed by atoms with van der Waals surface area (Å²) >= 11 is 0. The third kappa shape index (κ3) is 7.98. The first kappa shape index (κ1) is 21.2. The molecule has 0 aliphatic rings. The molecule has 5 heteroatoms. The van der Waals surface area contributed by atoms with Gasteiger partial charge in [0.15, 0.2) is 5.96 Å². The molecule has 0 bridgehead atoms. The van der Waals surface area contributed by atoms with Crippen molar-refractivity contribution in [1.29, 1.82) is 0 Å². The predicted molar refractivity (Wildman–Crippen MR) is 106 cm³/mol. The summed E-state index contributed by atoms with van der Waals surface area (Å²) in [7, 11) is 1.72. The molecule has 22 heavy (non-hydrogen) atoms. The fourth-order valence-corrected chi connectivity index (χ4v) is 1.92. The number of benzene rings is 1. The van der Waals surface area contributed by atoms with Gasteiger partial charge in [-0.1, -0.05) is 39.8 Å². The van der Waals surface area contributed by atoms with E-state index in [0.717, 1.165) is 18.7 Å². The molecule has 0 aliphatic carbocycles. The molecular weight excluding hydrogens is 389 g/mol. The lowest BCUT2D eigenvalue weighted by molar-refractivity contribution is 0.155. The monoisotopic (exact) mass is 419 g/mol. The summed E-state index contributed by atoms with van der Waals surface area (Å²) in [5, 5.41) is 3.16. The highest BCUT2D eigenvalue weighted by Crippen LogP contribution is 2.21. The number of hydrogen-bond donors (Lipinski definition) is 2. The summed E-state index contributed by atoms with van der Waals surface area (Å²) < 4.78 is 5.12. The average molecular weight is 419 g/mol. The van der Waals surface area contributed by atoms with Crippen molar-refractivity contribution in [1.82, 2.24) is 0 Å². The first-order valence-corrected chi connectivity index (χ1v) is 7.50. The number of nitrogens with zero attached hydrogens (tertiary/aromatic N) is 1. The zero-order valence-electron chi connectivity index (χ0n) is 14.3. The van der Waals surface area contributed by atoms with E-state index in [4.69, 9.17) is 10.5 Å². The Hall–Kier alpha value is -0.820. The van der Waals surface area contributed by atoms with Gasteiger partial charge in [-0.2, -0.15) is 0 Å². The Bertz CT molecular complexity index is 473. The molecule has 0 saturated carbocycles. The molecule has 126 valence electrons.